The second-order valence-corrected chi connectivity index (χ2v) is 2.84. The Morgan fingerprint density at radius 3 is 2.64 bits per heavy atom. The first-order valence-electron chi connectivity index (χ1n) is 3.76. The van der Waals surface area contributed by atoms with Gasteiger partial charge < -0.3 is 10.2 Å². The molecule has 0 amide bonds. The summed E-state index contributed by atoms with van der Waals surface area (Å²) in [5.74, 6) is 0.0783. The van der Waals surface area contributed by atoms with E-state index in [0.717, 1.165) is 6.42 Å². The van der Waals surface area contributed by atoms with E-state index in [4.69, 9.17) is 5.11 Å². The van der Waals surface area contributed by atoms with E-state index in [1.54, 1.807) is 0 Å². The third-order valence-corrected chi connectivity index (χ3v) is 2.21. The van der Waals surface area contributed by atoms with Crippen LogP contribution in [-0.4, -0.2) is 22.6 Å². The quantitative estimate of drug-likeness (QED) is 0.581. The highest BCUT2D eigenvalue weighted by molar-refractivity contribution is 5.76. The molecule has 2 unspecified atom stereocenters. The molecular formula is C8H12O3. The molecule has 11 heavy (non-hydrogen) atoms. The summed E-state index contributed by atoms with van der Waals surface area (Å²) in [7, 11) is 0. The van der Waals surface area contributed by atoms with Gasteiger partial charge in [-0.3, -0.25) is 4.79 Å². The Bertz CT molecular complexity index is 196. The first-order valence-corrected chi connectivity index (χ1v) is 3.76. The van der Waals surface area contributed by atoms with Crippen LogP contribution < -0.4 is 0 Å². The number of carbonyl (C=O) groups excluding carboxylic acids is 1. The molecule has 1 aliphatic rings. The summed E-state index contributed by atoms with van der Waals surface area (Å²) in [6.45, 7) is 1.93. The Labute approximate surface area is 65.3 Å². The van der Waals surface area contributed by atoms with E-state index in [0.29, 0.717) is 12.7 Å². The van der Waals surface area contributed by atoms with Crippen LogP contribution in [0.2, 0.25) is 0 Å². The molecule has 0 saturated carbocycles. The average molecular weight is 156 g/mol. The summed E-state index contributed by atoms with van der Waals surface area (Å²) in [5, 5.41) is 18.5. The van der Waals surface area contributed by atoms with E-state index in [1.807, 2.05) is 6.92 Å². The minimum absolute atomic E-state index is 0.0233. The Hall–Kier alpha value is -0.830. The number of carbonyl (C=O) groups is 1. The minimum atomic E-state index is -0.752. The fourth-order valence-electron chi connectivity index (χ4n) is 1.41. The maximum Gasteiger partial charge on any atom is 0.152 e. The lowest BCUT2D eigenvalue weighted by Crippen LogP contribution is -2.16. The molecule has 2 atom stereocenters. The standard InChI is InChI=1S/C8H12O3/c1-2-5-3-7(10)6(4-9)8(5)11/h4-5,8,10-11H,2-3H2,1H3. The van der Waals surface area contributed by atoms with Crippen LogP contribution in [-0.2, 0) is 4.79 Å². The molecule has 0 aromatic rings. The van der Waals surface area contributed by atoms with E-state index in [9.17, 15) is 9.90 Å². The van der Waals surface area contributed by atoms with Crippen LogP contribution in [0, 0.1) is 5.92 Å². The van der Waals surface area contributed by atoms with Gasteiger partial charge in [0.2, 0.25) is 0 Å². The molecular weight excluding hydrogens is 144 g/mol. The number of aldehydes is 1. The highest BCUT2D eigenvalue weighted by atomic mass is 16.3. The molecule has 0 aromatic heterocycles. The smallest absolute Gasteiger partial charge is 0.152 e. The van der Waals surface area contributed by atoms with Crippen molar-refractivity contribution in [1.82, 2.24) is 0 Å². The normalized spacial score (nSPS) is 31.1. The van der Waals surface area contributed by atoms with Gasteiger partial charge in [0.25, 0.3) is 0 Å². The minimum Gasteiger partial charge on any atom is -0.512 e. The van der Waals surface area contributed by atoms with E-state index in [1.165, 1.54) is 0 Å². The monoisotopic (exact) mass is 156 g/mol. The number of hydrogen-bond donors (Lipinski definition) is 2. The Morgan fingerprint density at radius 2 is 2.36 bits per heavy atom. The predicted octanol–water partition coefficient (Wildman–Crippen LogP) is 0.788. The molecule has 3 nitrogen and oxygen atoms in total. The van der Waals surface area contributed by atoms with Gasteiger partial charge in [-0.25, -0.2) is 0 Å². The lowest BCUT2D eigenvalue weighted by molar-refractivity contribution is -0.105. The van der Waals surface area contributed by atoms with Gasteiger partial charge in [0.1, 0.15) is 5.76 Å². The van der Waals surface area contributed by atoms with Crippen molar-refractivity contribution in [2.24, 2.45) is 5.92 Å². The van der Waals surface area contributed by atoms with Crippen molar-refractivity contribution in [2.75, 3.05) is 0 Å². The highest BCUT2D eigenvalue weighted by Gasteiger charge is 2.31. The zero-order valence-electron chi connectivity index (χ0n) is 6.45. The second-order valence-electron chi connectivity index (χ2n) is 2.84. The van der Waals surface area contributed by atoms with E-state index >= 15 is 0 Å². The molecule has 0 radical (unpaired) electrons. The van der Waals surface area contributed by atoms with E-state index in [-0.39, 0.29) is 17.3 Å². The summed E-state index contributed by atoms with van der Waals surface area (Å²) in [6.07, 6.45) is 1.00. The van der Waals surface area contributed by atoms with Crippen LogP contribution in [0.1, 0.15) is 19.8 Å². The highest BCUT2D eigenvalue weighted by Crippen LogP contribution is 2.31. The van der Waals surface area contributed by atoms with Gasteiger partial charge in [0, 0.05) is 6.42 Å². The zero-order valence-corrected chi connectivity index (χ0v) is 6.45. The van der Waals surface area contributed by atoms with Crippen molar-refractivity contribution >= 4 is 6.29 Å². The number of aliphatic hydroxyl groups excluding tert-OH is 2. The molecule has 62 valence electrons. The first kappa shape index (κ1) is 8.27. The summed E-state index contributed by atoms with van der Waals surface area (Å²) < 4.78 is 0. The number of allylic oxidation sites excluding steroid dienone is 1. The molecule has 0 spiro atoms. The van der Waals surface area contributed by atoms with Crippen molar-refractivity contribution in [1.29, 1.82) is 0 Å². The van der Waals surface area contributed by atoms with Crippen molar-refractivity contribution in [2.45, 2.75) is 25.9 Å². The third-order valence-electron chi connectivity index (χ3n) is 2.21. The van der Waals surface area contributed by atoms with Crippen LogP contribution in [0.3, 0.4) is 0 Å². The molecule has 3 heteroatoms. The summed E-state index contributed by atoms with van der Waals surface area (Å²) in [5.41, 5.74) is 0.164. The van der Waals surface area contributed by atoms with Gasteiger partial charge in [0.05, 0.1) is 11.7 Å². The molecule has 0 aliphatic heterocycles. The van der Waals surface area contributed by atoms with Crippen LogP contribution in [0.25, 0.3) is 0 Å². The Balaban J connectivity index is 2.77. The third kappa shape index (κ3) is 1.28. The summed E-state index contributed by atoms with van der Waals surface area (Å²) in [6, 6.07) is 0. The van der Waals surface area contributed by atoms with Crippen molar-refractivity contribution in [3.8, 4) is 0 Å². The van der Waals surface area contributed by atoms with Crippen LogP contribution >= 0.6 is 0 Å². The topological polar surface area (TPSA) is 57.5 Å². The van der Waals surface area contributed by atoms with Crippen molar-refractivity contribution in [3.05, 3.63) is 11.3 Å². The molecule has 1 rings (SSSR count). The Morgan fingerprint density at radius 1 is 1.73 bits per heavy atom. The molecule has 1 aliphatic carbocycles. The van der Waals surface area contributed by atoms with Crippen molar-refractivity contribution in [3.63, 3.8) is 0 Å². The predicted molar refractivity (Wildman–Crippen MR) is 40.1 cm³/mol. The lowest BCUT2D eigenvalue weighted by Gasteiger charge is -2.11. The van der Waals surface area contributed by atoms with Crippen LogP contribution in [0.5, 0.6) is 0 Å². The van der Waals surface area contributed by atoms with Gasteiger partial charge >= 0.3 is 0 Å². The number of rotatable bonds is 2. The molecule has 2 N–H and O–H groups in total. The molecule has 0 bridgehead atoms. The molecule has 0 saturated heterocycles. The molecule has 0 aromatic carbocycles. The zero-order chi connectivity index (χ0) is 8.43. The fraction of sp³-hybridized carbons (Fsp3) is 0.625. The van der Waals surface area contributed by atoms with Crippen LogP contribution in [0.4, 0.5) is 0 Å². The average Bonchev–Trinajstić information content (AvgIpc) is 2.26. The van der Waals surface area contributed by atoms with Gasteiger partial charge in [-0.05, 0) is 5.92 Å². The van der Waals surface area contributed by atoms with E-state index in [2.05, 4.69) is 0 Å². The Kier molecular flexibility index (Phi) is 2.29. The SMILES string of the molecule is CCC1CC(O)=C(C=O)C1O. The van der Waals surface area contributed by atoms with Gasteiger partial charge in [-0.2, -0.15) is 0 Å². The van der Waals surface area contributed by atoms with Gasteiger partial charge in [-0.1, -0.05) is 13.3 Å². The van der Waals surface area contributed by atoms with E-state index < -0.39 is 6.10 Å². The second kappa shape index (κ2) is 3.05. The van der Waals surface area contributed by atoms with Crippen LogP contribution in [0.15, 0.2) is 11.3 Å². The first-order chi connectivity index (χ1) is 5.20. The number of hydrogen-bond acceptors (Lipinski definition) is 3. The largest absolute Gasteiger partial charge is 0.512 e. The summed E-state index contributed by atoms with van der Waals surface area (Å²) >= 11 is 0. The molecule has 0 fully saturated rings. The number of aliphatic hydroxyl groups is 2. The fourth-order valence-corrected chi connectivity index (χ4v) is 1.41. The molecule has 0 heterocycles. The van der Waals surface area contributed by atoms with Gasteiger partial charge in [0.15, 0.2) is 6.29 Å². The maximum atomic E-state index is 10.3. The lowest BCUT2D eigenvalue weighted by atomic mass is 10.00. The van der Waals surface area contributed by atoms with Gasteiger partial charge in [-0.15, -0.1) is 0 Å². The maximum absolute atomic E-state index is 10.3. The summed E-state index contributed by atoms with van der Waals surface area (Å²) in [4.78, 5) is 10.3. The van der Waals surface area contributed by atoms with Crippen molar-refractivity contribution < 1.29 is 15.0 Å².